The van der Waals surface area contributed by atoms with E-state index >= 15 is 0 Å². The van der Waals surface area contributed by atoms with E-state index in [1.807, 2.05) is 6.07 Å². The Labute approximate surface area is 167 Å². The number of para-hydroxylation sites is 1. The molecule has 1 aliphatic carbocycles. The predicted octanol–water partition coefficient (Wildman–Crippen LogP) is 1.66. The second-order valence-corrected chi connectivity index (χ2v) is 6.88. The number of nitriles is 1. The number of thiol groups is 1. The lowest BCUT2D eigenvalue weighted by atomic mass is 10.1. The van der Waals surface area contributed by atoms with E-state index in [9.17, 15) is 14.9 Å². The van der Waals surface area contributed by atoms with Crippen LogP contribution in [-0.2, 0) is 9.59 Å². The van der Waals surface area contributed by atoms with E-state index in [4.69, 9.17) is 14.6 Å². The van der Waals surface area contributed by atoms with Gasteiger partial charge in [-0.25, -0.2) is 4.79 Å². The quantitative estimate of drug-likeness (QED) is 0.489. The molecule has 3 rings (SSSR count). The highest BCUT2D eigenvalue weighted by Crippen LogP contribution is 2.35. The van der Waals surface area contributed by atoms with Crippen LogP contribution in [0.5, 0.6) is 11.5 Å². The zero-order valence-corrected chi connectivity index (χ0v) is 15.7. The Kier molecular flexibility index (Phi) is 6.11. The summed E-state index contributed by atoms with van der Waals surface area (Å²) in [7, 11) is 0. The van der Waals surface area contributed by atoms with Gasteiger partial charge in [0, 0.05) is 5.56 Å². The summed E-state index contributed by atoms with van der Waals surface area (Å²) in [5.74, 6) is -0.364. The summed E-state index contributed by atoms with van der Waals surface area (Å²) in [5.41, 5.74) is 0.165. The minimum Gasteiger partial charge on any atom is -0.489 e. The maximum Gasteiger partial charge on any atom is 0.341 e. The van der Waals surface area contributed by atoms with Gasteiger partial charge in [-0.2, -0.15) is 5.26 Å². The molecular weight excluding hydrogens is 382 g/mol. The highest BCUT2D eigenvalue weighted by Gasteiger charge is 2.24. The normalized spacial score (nSPS) is 19.0. The van der Waals surface area contributed by atoms with Gasteiger partial charge in [0.25, 0.3) is 5.91 Å². The average Bonchev–Trinajstić information content (AvgIpc) is 3.47. The van der Waals surface area contributed by atoms with Gasteiger partial charge in [-0.1, -0.05) is 12.1 Å². The average molecular weight is 401 g/mol. The summed E-state index contributed by atoms with van der Waals surface area (Å²) in [5, 5.41) is 23.5. The highest BCUT2D eigenvalue weighted by molar-refractivity contribution is 7.80. The molecule has 28 heavy (non-hydrogen) atoms. The summed E-state index contributed by atoms with van der Waals surface area (Å²) < 4.78 is 11.2. The van der Waals surface area contributed by atoms with Crippen molar-refractivity contribution in [1.29, 1.82) is 5.26 Å². The second-order valence-electron chi connectivity index (χ2n) is 6.37. The number of aliphatic carboxylic acids is 1. The number of amides is 1. The molecule has 1 unspecified atom stereocenters. The van der Waals surface area contributed by atoms with E-state index in [-0.39, 0.29) is 5.57 Å². The summed E-state index contributed by atoms with van der Waals surface area (Å²) in [6, 6.07) is 7.06. The molecule has 1 fully saturated rings. The monoisotopic (exact) mass is 401 g/mol. The smallest absolute Gasteiger partial charge is 0.341 e. The fourth-order valence-corrected chi connectivity index (χ4v) is 2.80. The number of allylic oxidation sites excluding steroid dienone is 1. The maximum atomic E-state index is 11.9. The Hall–Kier alpha value is -3.12. The number of rotatable bonds is 8. The predicted molar refractivity (Wildman–Crippen MR) is 104 cm³/mol. The van der Waals surface area contributed by atoms with Crippen LogP contribution in [0.15, 0.2) is 35.5 Å². The number of benzene rings is 1. The van der Waals surface area contributed by atoms with Crippen LogP contribution in [-0.4, -0.2) is 35.7 Å². The van der Waals surface area contributed by atoms with Crippen molar-refractivity contribution in [3.05, 3.63) is 41.1 Å². The van der Waals surface area contributed by atoms with Crippen LogP contribution in [0, 0.1) is 17.2 Å². The molecule has 1 heterocycles. The first-order valence-corrected chi connectivity index (χ1v) is 9.18. The number of nitrogens with one attached hydrogen (secondary N) is 2. The van der Waals surface area contributed by atoms with Crippen LogP contribution in [0.25, 0.3) is 6.08 Å². The van der Waals surface area contributed by atoms with Gasteiger partial charge in [0.2, 0.25) is 0 Å². The third kappa shape index (κ3) is 4.98. The van der Waals surface area contributed by atoms with E-state index in [2.05, 4.69) is 23.3 Å². The van der Waals surface area contributed by atoms with Crippen LogP contribution in [0.1, 0.15) is 18.4 Å². The lowest BCUT2D eigenvalue weighted by Crippen LogP contribution is -2.46. The number of carboxylic acid groups (broad SMARTS) is 1. The molecule has 8 nitrogen and oxygen atoms in total. The lowest BCUT2D eigenvalue weighted by Gasteiger charge is -2.22. The van der Waals surface area contributed by atoms with Crippen LogP contribution >= 0.6 is 12.6 Å². The highest BCUT2D eigenvalue weighted by atomic mass is 32.1. The molecule has 0 saturated heterocycles. The second kappa shape index (κ2) is 8.71. The molecule has 0 aromatic heterocycles. The van der Waals surface area contributed by atoms with Crippen LogP contribution in [0.2, 0.25) is 0 Å². The van der Waals surface area contributed by atoms with E-state index in [1.165, 1.54) is 0 Å². The molecule has 9 heteroatoms. The van der Waals surface area contributed by atoms with Gasteiger partial charge in [0.05, 0.1) is 12.3 Å². The molecule has 1 amide bonds. The molecular formula is C19H19N3O5S. The maximum absolute atomic E-state index is 11.9. The van der Waals surface area contributed by atoms with E-state index in [1.54, 1.807) is 30.4 Å². The van der Waals surface area contributed by atoms with Crippen molar-refractivity contribution in [2.24, 2.45) is 5.92 Å². The fourth-order valence-electron chi connectivity index (χ4n) is 2.55. The molecule has 1 aliphatic heterocycles. The largest absolute Gasteiger partial charge is 0.489 e. The number of hydrogen-bond donors (Lipinski definition) is 4. The first-order valence-electron chi connectivity index (χ1n) is 8.66. The van der Waals surface area contributed by atoms with Crippen LogP contribution in [0.4, 0.5) is 0 Å². The van der Waals surface area contributed by atoms with Gasteiger partial charge in [-0.15, -0.1) is 12.6 Å². The van der Waals surface area contributed by atoms with Crippen LogP contribution in [0.3, 0.4) is 0 Å². The Balaban J connectivity index is 1.89. The zero-order valence-electron chi connectivity index (χ0n) is 14.8. The minimum atomic E-state index is -1.11. The van der Waals surface area contributed by atoms with E-state index in [0.717, 1.165) is 12.8 Å². The molecule has 1 atom stereocenters. The van der Waals surface area contributed by atoms with Crippen molar-refractivity contribution in [3.8, 4) is 17.6 Å². The topological polar surface area (TPSA) is 121 Å². The Morgan fingerprint density at radius 2 is 2.11 bits per heavy atom. The number of carboxylic acids is 1. The van der Waals surface area contributed by atoms with Gasteiger partial charge >= 0.3 is 5.97 Å². The van der Waals surface area contributed by atoms with Crippen molar-refractivity contribution in [1.82, 2.24) is 10.6 Å². The van der Waals surface area contributed by atoms with Gasteiger partial charge in [-0.3, -0.25) is 4.79 Å². The van der Waals surface area contributed by atoms with Gasteiger partial charge < -0.3 is 25.2 Å². The number of ether oxygens (including phenoxy) is 2. The number of nitrogens with zero attached hydrogens (tertiary/aromatic N) is 1. The van der Waals surface area contributed by atoms with E-state index in [0.29, 0.717) is 35.3 Å². The number of carbonyl (C=O) groups is 2. The molecule has 2 aliphatic rings. The fraction of sp³-hybridized carbons (Fsp3) is 0.316. The van der Waals surface area contributed by atoms with Gasteiger partial charge in [0.15, 0.2) is 18.1 Å². The third-order valence-electron chi connectivity index (χ3n) is 4.12. The Morgan fingerprint density at radius 1 is 1.32 bits per heavy atom. The lowest BCUT2D eigenvalue weighted by molar-refractivity contribution is -0.139. The first kappa shape index (κ1) is 19.6. The third-order valence-corrected chi connectivity index (χ3v) is 4.38. The SMILES string of the molecule is N#CC1=C(/C=C/c2cccc(OCC3CC3)c2OCC(=O)O)NC(S)NC1=O. The van der Waals surface area contributed by atoms with Crippen molar-refractivity contribution in [3.63, 3.8) is 0 Å². The summed E-state index contributed by atoms with van der Waals surface area (Å²) >= 11 is 4.15. The minimum absolute atomic E-state index is 0.0734. The summed E-state index contributed by atoms with van der Waals surface area (Å²) in [6.45, 7) is 0.0273. The molecule has 146 valence electrons. The van der Waals surface area contributed by atoms with Crippen molar-refractivity contribution < 1.29 is 24.2 Å². The van der Waals surface area contributed by atoms with Crippen molar-refractivity contribution >= 4 is 30.6 Å². The number of hydrogen-bond acceptors (Lipinski definition) is 7. The molecule has 3 N–H and O–H groups in total. The molecule has 1 aromatic rings. The first-order chi connectivity index (χ1) is 13.5. The van der Waals surface area contributed by atoms with Crippen molar-refractivity contribution in [2.45, 2.75) is 18.3 Å². The Morgan fingerprint density at radius 3 is 2.79 bits per heavy atom. The molecule has 0 bridgehead atoms. The van der Waals surface area contributed by atoms with Gasteiger partial charge in [0.1, 0.15) is 17.1 Å². The van der Waals surface area contributed by atoms with E-state index < -0.39 is 24.0 Å². The molecule has 1 saturated carbocycles. The van der Waals surface area contributed by atoms with Crippen molar-refractivity contribution in [2.75, 3.05) is 13.2 Å². The standard InChI is InChI=1S/C19H19N3O5S/c20-8-13-14(21-19(28)22-18(13)25)7-6-12-2-1-3-15(26-9-11-4-5-11)17(12)27-10-16(23)24/h1-3,6-7,11,19,21,28H,4-5,9-10H2,(H,22,25)(H,23,24)/b7-6+. The molecule has 0 spiro atoms. The summed E-state index contributed by atoms with van der Waals surface area (Å²) in [4.78, 5) is 22.8. The number of carbonyl (C=O) groups excluding carboxylic acids is 1. The van der Waals surface area contributed by atoms with Gasteiger partial charge in [-0.05, 0) is 37.0 Å². The van der Waals surface area contributed by atoms with Crippen LogP contribution < -0.4 is 20.1 Å². The molecule has 1 aromatic carbocycles. The summed E-state index contributed by atoms with van der Waals surface area (Å²) in [6.07, 6.45) is 5.41. The molecule has 0 radical (unpaired) electrons. The zero-order chi connectivity index (χ0) is 20.1. The Bertz CT molecular complexity index is 886.